The maximum atomic E-state index is 5.69. The molecule has 0 saturated carbocycles. The van der Waals surface area contributed by atoms with Crippen LogP contribution in [0.3, 0.4) is 0 Å². The van der Waals surface area contributed by atoms with E-state index in [0.717, 1.165) is 16.7 Å². The third-order valence-corrected chi connectivity index (χ3v) is 2.72. The van der Waals surface area contributed by atoms with Gasteiger partial charge in [0.05, 0.1) is 11.0 Å². The summed E-state index contributed by atoms with van der Waals surface area (Å²) in [6, 6.07) is 6.13. The molecule has 0 bridgehead atoms. The maximum absolute atomic E-state index is 5.69. The van der Waals surface area contributed by atoms with Gasteiger partial charge in [-0.05, 0) is 31.0 Å². The number of rotatable bonds is 3. The lowest BCUT2D eigenvalue weighted by Gasteiger charge is -2.15. The number of fused-ring (bicyclic) bond motifs is 1. The van der Waals surface area contributed by atoms with E-state index in [0.29, 0.717) is 11.9 Å². The first kappa shape index (κ1) is 10.8. The number of nitrogens with two attached hydrogens (primary N) is 1. The molecule has 0 aliphatic carbocycles. The fourth-order valence-electron chi connectivity index (χ4n) is 1.37. The molecular formula is C12H17N3O. The zero-order chi connectivity index (χ0) is 11.7. The Morgan fingerprint density at radius 2 is 2.06 bits per heavy atom. The molecule has 0 aliphatic rings. The Bertz CT molecular complexity index is 490. The van der Waals surface area contributed by atoms with Crippen LogP contribution in [0.15, 0.2) is 18.2 Å². The Labute approximate surface area is 94.8 Å². The Morgan fingerprint density at radius 3 is 2.75 bits per heavy atom. The highest BCUT2D eigenvalue weighted by atomic mass is 16.5. The highest BCUT2D eigenvalue weighted by Gasteiger charge is 2.11. The van der Waals surface area contributed by atoms with Crippen LogP contribution in [0.1, 0.15) is 20.8 Å². The van der Waals surface area contributed by atoms with Crippen LogP contribution in [0.25, 0.3) is 11.0 Å². The molecule has 16 heavy (non-hydrogen) atoms. The minimum absolute atomic E-state index is 0.137. The zero-order valence-electron chi connectivity index (χ0n) is 9.82. The Kier molecular flexibility index (Phi) is 2.73. The summed E-state index contributed by atoms with van der Waals surface area (Å²) in [5.41, 5.74) is 8.20. The third kappa shape index (κ3) is 2.10. The summed E-state index contributed by atoms with van der Waals surface area (Å²) in [7, 11) is 0. The lowest BCUT2D eigenvalue weighted by molar-refractivity contribution is 0.158. The van der Waals surface area contributed by atoms with Gasteiger partial charge < -0.3 is 15.5 Å². The van der Waals surface area contributed by atoms with Gasteiger partial charge in [-0.1, -0.05) is 13.8 Å². The van der Waals surface area contributed by atoms with Crippen molar-refractivity contribution >= 4 is 16.7 Å². The van der Waals surface area contributed by atoms with Crippen molar-refractivity contribution in [3.8, 4) is 6.01 Å². The van der Waals surface area contributed by atoms with Gasteiger partial charge in [0.1, 0.15) is 6.10 Å². The normalized spacial score (nSPS) is 13.2. The SMILES string of the molecule is CC(C)C(C)Oc1nc2ccc(N)cc2[nH]1. The minimum Gasteiger partial charge on any atom is -0.462 e. The van der Waals surface area contributed by atoms with E-state index in [2.05, 4.69) is 23.8 Å². The summed E-state index contributed by atoms with van der Waals surface area (Å²) >= 11 is 0. The molecule has 0 spiro atoms. The topological polar surface area (TPSA) is 63.9 Å². The first-order chi connectivity index (χ1) is 7.56. The highest BCUT2D eigenvalue weighted by molar-refractivity contribution is 5.79. The van der Waals surface area contributed by atoms with E-state index >= 15 is 0 Å². The number of benzene rings is 1. The molecule has 1 heterocycles. The van der Waals surface area contributed by atoms with Gasteiger partial charge in [0.2, 0.25) is 0 Å². The number of ether oxygens (including phenoxy) is 1. The maximum Gasteiger partial charge on any atom is 0.294 e. The summed E-state index contributed by atoms with van der Waals surface area (Å²) in [5.74, 6) is 0.457. The van der Waals surface area contributed by atoms with Crippen molar-refractivity contribution in [3.05, 3.63) is 18.2 Å². The average Bonchev–Trinajstić information content (AvgIpc) is 2.58. The van der Waals surface area contributed by atoms with Crippen molar-refractivity contribution in [1.82, 2.24) is 9.97 Å². The van der Waals surface area contributed by atoms with Crippen LogP contribution in [-0.2, 0) is 0 Å². The van der Waals surface area contributed by atoms with E-state index in [1.54, 1.807) is 0 Å². The van der Waals surface area contributed by atoms with E-state index in [-0.39, 0.29) is 6.10 Å². The fourth-order valence-corrected chi connectivity index (χ4v) is 1.37. The smallest absolute Gasteiger partial charge is 0.294 e. The van der Waals surface area contributed by atoms with Crippen molar-refractivity contribution in [2.75, 3.05) is 5.73 Å². The van der Waals surface area contributed by atoms with E-state index in [1.165, 1.54) is 0 Å². The average molecular weight is 219 g/mol. The van der Waals surface area contributed by atoms with Gasteiger partial charge in [0, 0.05) is 5.69 Å². The molecule has 0 saturated heterocycles. The lowest BCUT2D eigenvalue weighted by atomic mass is 10.1. The molecule has 0 aliphatic heterocycles. The number of hydrogen-bond donors (Lipinski definition) is 2. The Balaban J connectivity index is 2.26. The lowest BCUT2D eigenvalue weighted by Crippen LogP contribution is -2.19. The number of hydrogen-bond acceptors (Lipinski definition) is 3. The largest absolute Gasteiger partial charge is 0.462 e. The third-order valence-electron chi connectivity index (χ3n) is 2.72. The number of H-pyrrole nitrogens is 1. The second-order valence-corrected chi connectivity index (χ2v) is 4.39. The number of imidazole rings is 1. The second-order valence-electron chi connectivity index (χ2n) is 4.39. The summed E-state index contributed by atoms with van der Waals surface area (Å²) in [4.78, 5) is 7.45. The molecule has 2 aromatic rings. The molecule has 86 valence electrons. The summed E-state index contributed by atoms with van der Waals surface area (Å²) in [5, 5.41) is 0. The minimum atomic E-state index is 0.137. The Hall–Kier alpha value is -1.71. The number of nitrogens with one attached hydrogen (secondary N) is 1. The molecule has 1 aromatic heterocycles. The van der Waals surface area contributed by atoms with E-state index in [1.807, 2.05) is 25.1 Å². The van der Waals surface area contributed by atoms with Gasteiger partial charge in [-0.25, -0.2) is 0 Å². The van der Waals surface area contributed by atoms with Crippen LogP contribution >= 0.6 is 0 Å². The quantitative estimate of drug-likeness (QED) is 0.780. The van der Waals surface area contributed by atoms with Gasteiger partial charge >= 0.3 is 0 Å². The molecule has 0 amide bonds. The van der Waals surface area contributed by atoms with Crippen molar-refractivity contribution in [1.29, 1.82) is 0 Å². The van der Waals surface area contributed by atoms with Crippen LogP contribution in [0.5, 0.6) is 6.01 Å². The molecule has 4 nitrogen and oxygen atoms in total. The zero-order valence-corrected chi connectivity index (χ0v) is 9.82. The molecule has 1 unspecified atom stereocenters. The standard InChI is InChI=1S/C12H17N3O/c1-7(2)8(3)16-12-14-10-5-4-9(13)6-11(10)15-12/h4-8H,13H2,1-3H3,(H,14,15). The van der Waals surface area contributed by atoms with E-state index < -0.39 is 0 Å². The van der Waals surface area contributed by atoms with Crippen LogP contribution in [0.4, 0.5) is 5.69 Å². The number of nitrogen functional groups attached to an aromatic ring is 1. The number of aromatic nitrogens is 2. The fraction of sp³-hybridized carbons (Fsp3) is 0.417. The summed E-state index contributed by atoms with van der Waals surface area (Å²) in [6.45, 7) is 6.27. The predicted molar refractivity (Wildman–Crippen MR) is 65.4 cm³/mol. The van der Waals surface area contributed by atoms with Crippen LogP contribution in [0, 0.1) is 5.92 Å². The second kappa shape index (κ2) is 4.04. The molecule has 4 heteroatoms. The summed E-state index contributed by atoms with van der Waals surface area (Å²) < 4.78 is 5.69. The number of nitrogens with zero attached hydrogens (tertiary/aromatic N) is 1. The van der Waals surface area contributed by atoms with Gasteiger partial charge in [-0.2, -0.15) is 4.98 Å². The monoisotopic (exact) mass is 219 g/mol. The van der Waals surface area contributed by atoms with Gasteiger partial charge in [-0.3, -0.25) is 0 Å². The molecule has 0 radical (unpaired) electrons. The van der Waals surface area contributed by atoms with Gasteiger partial charge in [0.25, 0.3) is 6.01 Å². The van der Waals surface area contributed by atoms with Crippen molar-refractivity contribution in [2.24, 2.45) is 5.92 Å². The van der Waals surface area contributed by atoms with Crippen molar-refractivity contribution < 1.29 is 4.74 Å². The van der Waals surface area contributed by atoms with Crippen LogP contribution in [0.2, 0.25) is 0 Å². The number of anilines is 1. The van der Waals surface area contributed by atoms with E-state index in [4.69, 9.17) is 10.5 Å². The molecule has 0 fully saturated rings. The van der Waals surface area contributed by atoms with Crippen LogP contribution < -0.4 is 10.5 Å². The van der Waals surface area contributed by atoms with E-state index in [9.17, 15) is 0 Å². The first-order valence-electron chi connectivity index (χ1n) is 5.48. The molecular weight excluding hydrogens is 202 g/mol. The molecule has 3 N–H and O–H groups in total. The van der Waals surface area contributed by atoms with Crippen molar-refractivity contribution in [3.63, 3.8) is 0 Å². The molecule has 1 atom stereocenters. The number of aromatic amines is 1. The van der Waals surface area contributed by atoms with Crippen LogP contribution in [-0.4, -0.2) is 16.1 Å². The van der Waals surface area contributed by atoms with Gasteiger partial charge in [0.15, 0.2) is 0 Å². The molecule has 1 aromatic carbocycles. The Morgan fingerprint density at radius 1 is 1.31 bits per heavy atom. The predicted octanol–water partition coefficient (Wildman–Crippen LogP) is 2.57. The highest BCUT2D eigenvalue weighted by Crippen LogP contribution is 2.20. The summed E-state index contributed by atoms with van der Waals surface area (Å²) in [6.07, 6.45) is 0.137. The van der Waals surface area contributed by atoms with Gasteiger partial charge in [-0.15, -0.1) is 0 Å². The van der Waals surface area contributed by atoms with Crippen molar-refractivity contribution in [2.45, 2.75) is 26.9 Å². The molecule has 2 rings (SSSR count). The first-order valence-corrected chi connectivity index (χ1v) is 5.48.